The van der Waals surface area contributed by atoms with Gasteiger partial charge in [0.05, 0.1) is 54.2 Å². The minimum absolute atomic E-state index is 0.0449. The number of rotatable bonds is 17. The molecule has 18 nitrogen and oxygen atoms in total. The molecule has 6 rings (SSSR count). The van der Waals surface area contributed by atoms with Crippen LogP contribution in [0, 0.1) is 23.7 Å². The lowest BCUT2D eigenvalue weighted by Gasteiger charge is -2.52. The van der Waals surface area contributed by atoms with E-state index in [2.05, 4.69) is 35.3 Å². The smallest absolute Gasteiger partial charge is 0.311 e. The lowest BCUT2D eigenvalue weighted by Crippen LogP contribution is -2.64. The van der Waals surface area contributed by atoms with E-state index in [-0.39, 0.29) is 37.0 Å². The number of esters is 1. The van der Waals surface area contributed by atoms with Crippen molar-refractivity contribution < 1.29 is 72.7 Å². The van der Waals surface area contributed by atoms with Gasteiger partial charge in [-0.1, -0.05) is 52.0 Å². The highest BCUT2D eigenvalue weighted by molar-refractivity contribution is 5.94. The van der Waals surface area contributed by atoms with Crippen molar-refractivity contribution in [3.05, 3.63) is 59.7 Å². The Labute approximate surface area is 451 Å². The summed E-state index contributed by atoms with van der Waals surface area (Å²) in [7, 11) is 4.87. The highest BCUT2D eigenvalue weighted by atomic mass is 16.7. The van der Waals surface area contributed by atoms with E-state index in [1.807, 2.05) is 31.9 Å². The normalized spacial score (nSPS) is 38.2. The number of hydrogen-bond acceptors (Lipinski definition) is 17. The zero-order valence-electron chi connectivity index (χ0n) is 47.6. The van der Waals surface area contributed by atoms with E-state index in [1.165, 1.54) is 32.4 Å². The van der Waals surface area contributed by atoms with Gasteiger partial charge in [-0.15, -0.1) is 0 Å². The number of ketones is 1. The summed E-state index contributed by atoms with van der Waals surface area (Å²) in [5.41, 5.74) is -1.36. The average molecular weight is 1070 g/mol. The summed E-state index contributed by atoms with van der Waals surface area (Å²) in [6.07, 6.45) is -8.61. The van der Waals surface area contributed by atoms with Crippen LogP contribution in [0.25, 0.3) is 0 Å². The first-order valence-corrected chi connectivity index (χ1v) is 27.6. The van der Waals surface area contributed by atoms with Crippen molar-refractivity contribution >= 4 is 23.3 Å². The molecule has 0 aliphatic carbocycles. The largest absolute Gasteiger partial charge is 0.847 e. The van der Waals surface area contributed by atoms with Crippen molar-refractivity contribution in [1.29, 1.82) is 0 Å². The number of Topliss-reactive ketones (excluding diaryl/α,β-unsaturated/α-hetero) is 1. The minimum atomic E-state index is -2.01. The van der Waals surface area contributed by atoms with Crippen LogP contribution in [0.5, 0.6) is 5.75 Å². The fraction of sp³-hybridized carbons (Fsp3) is 0.741. The van der Waals surface area contributed by atoms with E-state index < -0.39 is 114 Å². The predicted molar refractivity (Wildman–Crippen MR) is 284 cm³/mol. The van der Waals surface area contributed by atoms with E-state index >= 15 is 0 Å². The molecule has 1 amide bonds. The van der Waals surface area contributed by atoms with Gasteiger partial charge in [-0.25, -0.2) is 0 Å². The van der Waals surface area contributed by atoms with Gasteiger partial charge >= 0.3 is 5.97 Å². The Morgan fingerprint density at radius 2 is 1.59 bits per heavy atom. The number of anilines is 1. The maximum Gasteiger partial charge on any atom is 0.311 e. The van der Waals surface area contributed by atoms with E-state index in [1.54, 1.807) is 72.7 Å². The van der Waals surface area contributed by atoms with Crippen molar-refractivity contribution in [1.82, 2.24) is 10.2 Å². The molecule has 18 heteroatoms. The molecular formula is C58H90N3O15-. The number of carbonyl (C=O) groups excluding carboxylic acids is 3. The molecule has 428 valence electrons. The van der Waals surface area contributed by atoms with Gasteiger partial charge in [-0.2, -0.15) is 0 Å². The van der Waals surface area contributed by atoms with Crippen molar-refractivity contribution in [3.8, 4) is 5.75 Å². The van der Waals surface area contributed by atoms with Crippen LogP contribution < -0.4 is 20.1 Å². The zero-order valence-corrected chi connectivity index (χ0v) is 47.6. The van der Waals surface area contributed by atoms with Crippen LogP contribution in [0.4, 0.5) is 5.69 Å². The molecule has 0 aromatic heterocycles. The Morgan fingerprint density at radius 3 is 2.25 bits per heavy atom. The first kappa shape index (κ1) is 61.4. The fourth-order valence-electron chi connectivity index (χ4n) is 12.1. The molecule has 0 bridgehead atoms. The number of hydrogen-bond donors (Lipinski definition) is 4. The molecule has 0 spiro atoms. The Bertz CT molecular complexity index is 2220. The third-order valence-electron chi connectivity index (χ3n) is 17.2. The van der Waals surface area contributed by atoms with Gasteiger partial charge in [0.1, 0.15) is 35.6 Å². The summed E-state index contributed by atoms with van der Waals surface area (Å²) in [6, 6.07) is 15.1. The number of methoxy groups -OCH3 is 2. The number of cyclic esters (lactones) is 1. The SMILES string of the molecule is CC[C@H]1OC(=O)[C@H](C)[C@@H](O[C@H]2C[C@@](C)(OC)[C@@H](O)[C@H](C)O2)[C@H](C)[C@@H](O[C@@H]2O[C@H](C)C[C@H](N(C)CCCOc3ccc(C(=O)NC[C@@H](C)N4CCc5ccccc54)cc3)C2[O-])[C@](C)(OC)C[C@@H](C)C(=O)[C@H](C)[C@@H](O)[C@]1(C)O. The molecule has 2 aromatic rings. The first-order valence-electron chi connectivity index (χ1n) is 27.6. The second-order valence-corrected chi connectivity index (χ2v) is 23.0. The van der Waals surface area contributed by atoms with Crippen LogP contribution in [0.2, 0.25) is 0 Å². The number of ether oxygens (including phenoxy) is 8. The number of likely N-dealkylation sites (N-methyl/N-ethyl adjacent to an activating group) is 1. The molecule has 76 heavy (non-hydrogen) atoms. The van der Waals surface area contributed by atoms with Crippen molar-refractivity contribution in [2.24, 2.45) is 23.7 Å². The molecule has 3 fully saturated rings. The summed E-state index contributed by atoms with van der Waals surface area (Å²) in [5.74, 6) is -4.37. The van der Waals surface area contributed by atoms with Crippen LogP contribution in [-0.4, -0.2) is 176 Å². The molecule has 19 atom stereocenters. The summed E-state index contributed by atoms with van der Waals surface area (Å²) < 4.78 is 50.7. The molecule has 4 heterocycles. The van der Waals surface area contributed by atoms with Crippen LogP contribution in [0.15, 0.2) is 48.5 Å². The maximum atomic E-state index is 14.8. The van der Waals surface area contributed by atoms with E-state index in [9.17, 15) is 34.8 Å². The van der Waals surface area contributed by atoms with Crippen molar-refractivity contribution in [2.45, 2.75) is 205 Å². The summed E-state index contributed by atoms with van der Waals surface area (Å²) in [6.45, 7) is 21.3. The number of aliphatic hydroxyl groups is 3. The molecule has 0 radical (unpaired) electrons. The Kier molecular flexibility index (Phi) is 21.0. The van der Waals surface area contributed by atoms with Gasteiger partial charge in [-0.3, -0.25) is 14.4 Å². The van der Waals surface area contributed by atoms with Crippen LogP contribution in [-0.2, 0) is 49.2 Å². The topological polar surface area (TPSA) is 227 Å². The highest BCUT2D eigenvalue weighted by Crippen LogP contribution is 2.42. The maximum absolute atomic E-state index is 14.8. The Hall–Kier alpha value is -3.79. The number of aliphatic hydroxyl groups excluding tert-OH is 2. The Morgan fingerprint density at radius 1 is 0.921 bits per heavy atom. The van der Waals surface area contributed by atoms with Gasteiger partial charge in [0, 0.05) is 81.4 Å². The second-order valence-electron chi connectivity index (χ2n) is 23.0. The molecule has 4 aliphatic heterocycles. The van der Waals surface area contributed by atoms with E-state index in [4.69, 9.17) is 37.9 Å². The van der Waals surface area contributed by atoms with E-state index in [0.29, 0.717) is 43.9 Å². The van der Waals surface area contributed by atoms with E-state index in [0.717, 1.165) is 13.0 Å². The molecule has 1 unspecified atom stereocenters. The van der Waals surface area contributed by atoms with Crippen LogP contribution >= 0.6 is 0 Å². The molecule has 4 N–H and O–H groups in total. The molecule has 3 saturated heterocycles. The van der Waals surface area contributed by atoms with Crippen molar-refractivity contribution in [3.63, 3.8) is 0 Å². The van der Waals surface area contributed by atoms with Gasteiger partial charge in [0.25, 0.3) is 5.91 Å². The number of nitrogens with one attached hydrogen (secondary N) is 1. The monoisotopic (exact) mass is 1070 g/mol. The standard InChI is InChI=1S/C58H90N3O15/c1-15-45-58(11,68)50(64)36(5)47(62)33(2)30-57(10,70-14)52(37(6)49(38(7)54(67)74-45)75-46-31-56(9,69-13)51(65)39(8)73-46)76-55-48(63)44(29-35(4)72-55)60(12)26-18-28-71-42-23-21-41(22-24-42)53(66)59-32-34(3)61-27-25-40-19-16-17-20-43(40)61/h16-17,19-24,33-39,44-46,48-52,55,64-65,68H,15,18,25-32H2,1-14H3,(H,59,66)/q-1/t33-,34-,35-,36+,37+,38-,39+,44+,45-,46+,48?,49+,50-,51+,52-,55+,56-,57-,58-/m1/s1. The number of benzene rings is 2. The number of amides is 1. The Balaban J connectivity index is 1.17. The highest BCUT2D eigenvalue weighted by Gasteiger charge is 2.54. The summed E-state index contributed by atoms with van der Waals surface area (Å²) in [4.78, 5) is 46.2. The van der Waals surface area contributed by atoms with Crippen molar-refractivity contribution in [2.75, 3.05) is 52.4 Å². The molecule has 4 aliphatic rings. The third kappa shape index (κ3) is 13.8. The lowest BCUT2D eigenvalue weighted by molar-refractivity contribution is -0.492. The first-order chi connectivity index (χ1) is 35.8. The van der Waals surface area contributed by atoms with Gasteiger partial charge in [-0.05, 0) is 124 Å². The zero-order chi connectivity index (χ0) is 56.0. The lowest BCUT2D eigenvalue weighted by atomic mass is 9.74. The number of para-hydroxylation sites is 1. The fourth-order valence-corrected chi connectivity index (χ4v) is 12.1. The molecule has 2 aromatic carbocycles. The summed E-state index contributed by atoms with van der Waals surface area (Å²) in [5, 5.41) is 52.4. The number of carbonyl (C=O) groups is 3. The third-order valence-corrected chi connectivity index (χ3v) is 17.2. The van der Waals surface area contributed by atoms with Gasteiger partial charge in [0.15, 0.2) is 6.29 Å². The molecule has 0 saturated carbocycles. The average Bonchev–Trinajstić information content (AvgIpc) is 3.85. The minimum Gasteiger partial charge on any atom is -0.847 e. The number of fused-ring (bicyclic) bond motifs is 1. The second kappa shape index (κ2) is 26.0. The van der Waals surface area contributed by atoms with Crippen LogP contribution in [0.1, 0.15) is 124 Å². The van der Waals surface area contributed by atoms with Crippen LogP contribution in [0.3, 0.4) is 0 Å². The quantitative estimate of drug-likeness (QED) is 0.123. The summed E-state index contributed by atoms with van der Waals surface area (Å²) >= 11 is 0. The molecular weight excluding hydrogens is 979 g/mol. The predicted octanol–water partition coefficient (Wildman–Crippen LogP) is 4.83. The number of nitrogens with zero attached hydrogens (tertiary/aromatic N) is 2. The van der Waals surface area contributed by atoms with Gasteiger partial charge < -0.3 is 73.4 Å². The van der Waals surface area contributed by atoms with Gasteiger partial charge in [0.2, 0.25) is 0 Å².